The standard InChI is InChI=1S/C25H38BrNO4S/c1-8-17-14-24(13-16(3)21(17)30-7)15-18-10-11-19(26)12-20(18)25(24,22(28)31-9-2)27-32(29)23(4,5)6/h10-12,16-17,21,27H,8-9,13-15H2,1-7H3/t16-,17+,21+,24+,25+,32+/m0/s1. The Labute approximate surface area is 204 Å². The normalized spacial score (nSPS) is 33.2. The average Bonchev–Trinajstić information content (AvgIpc) is 2.96. The van der Waals surface area contributed by atoms with E-state index in [4.69, 9.17) is 9.47 Å². The molecule has 0 heterocycles. The molecule has 0 aliphatic heterocycles. The van der Waals surface area contributed by atoms with E-state index in [-0.39, 0.29) is 24.6 Å². The van der Waals surface area contributed by atoms with Crippen LogP contribution in [0.5, 0.6) is 0 Å². The van der Waals surface area contributed by atoms with Crippen LogP contribution in [-0.4, -0.2) is 34.7 Å². The van der Waals surface area contributed by atoms with Crippen LogP contribution in [0.4, 0.5) is 0 Å². The highest BCUT2D eigenvalue weighted by Gasteiger charge is 2.66. The summed E-state index contributed by atoms with van der Waals surface area (Å²) in [6.45, 7) is 12.3. The number of hydrogen-bond acceptors (Lipinski definition) is 4. The molecule has 2 aliphatic carbocycles. The number of benzene rings is 1. The van der Waals surface area contributed by atoms with E-state index < -0.39 is 26.7 Å². The van der Waals surface area contributed by atoms with E-state index in [1.54, 1.807) is 7.11 Å². The number of esters is 1. The summed E-state index contributed by atoms with van der Waals surface area (Å²) >= 11 is 3.61. The van der Waals surface area contributed by atoms with Crippen molar-refractivity contribution < 1.29 is 18.5 Å². The molecular weight excluding hydrogens is 490 g/mol. The largest absolute Gasteiger partial charge is 0.464 e. The maximum absolute atomic E-state index is 14.0. The van der Waals surface area contributed by atoms with Crippen LogP contribution in [0, 0.1) is 17.3 Å². The molecule has 180 valence electrons. The molecule has 6 atom stereocenters. The summed E-state index contributed by atoms with van der Waals surface area (Å²) in [6, 6.07) is 6.13. The van der Waals surface area contributed by atoms with Gasteiger partial charge in [-0.15, -0.1) is 0 Å². The first-order valence-corrected chi connectivity index (χ1v) is 13.6. The Kier molecular flexibility index (Phi) is 7.65. The minimum absolute atomic E-state index is 0.147. The van der Waals surface area contributed by atoms with Crippen LogP contribution in [0.3, 0.4) is 0 Å². The van der Waals surface area contributed by atoms with Crippen LogP contribution in [0.2, 0.25) is 0 Å². The van der Waals surface area contributed by atoms with Gasteiger partial charge in [0, 0.05) is 17.0 Å². The summed E-state index contributed by atoms with van der Waals surface area (Å²) in [4.78, 5) is 14.0. The fourth-order valence-corrected chi connectivity index (χ4v) is 7.40. The van der Waals surface area contributed by atoms with Crippen molar-refractivity contribution in [3.05, 3.63) is 33.8 Å². The highest BCUT2D eigenvalue weighted by molar-refractivity contribution is 9.10. The average molecular weight is 529 g/mol. The molecule has 1 saturated carbocycles. The minimum atomic E-state index is -1.46. The lowest BCUT2D eigenvalue weighted by Gasteiger charge is -2.53. The molecule has 5 nitrogen and oxygen atoms in total. The first-order chi connectivity index (χ1) is 15.0. The second-order valence-electron chi connectivity index (χ2n) is 10.5. The molecule has 3 rings (SSSR count). The van der Waals surface area contributed by atoms with Gasteiger partial charge in [-0.3, -0.25) is 0 Å². The van der Waals surface area contributed by atoms with E-state index in [9.17, 15) is 9.00 Å². The van der Waals surface area contributed by atoms with Gasteiger partial charge in [0.15, 0.2) is 5.54 Å². The molecule has 1 aromatic rings. The minimum Gasteiger partial charge on any atom is -0.464 e. The highest BCUT2D eigenvalue weighted by atomic mass is 79.9. The van der Waals surface area contributed by atoms with Gasteiger partial charge >= 0.3 is 5.97 Å². The third kappa shape index (κ3) is 4.23. The Morgan fingerprint density at radius 2 is 1.97 bits per heavy atom. The second kappa shape index (κ2) is 9.47. The molecule has 1 N–H and O–H groups in total. The van der Waals surface area contributed by atoms with Gasteiger partial charge in [0.1, 0.15) is 0 Å². The molecule has 0 bridgehead atoms. The maximum atomic E-state index is 14.0. The van der Waals surface area contributed by atoms with Gasteiger partial charge in [0.05, 0.1) is 28.4 Å². The Balaban J connectivity index is 2.27. The summed E-state index contributed by atoms with van der Waals surface area (Å²) in [6.07, 6.45) is 3.47. The van der Waals surface area contributed by atoms with Crippen molar-refractivity contribution >= 4 is 32.9 Å². The summed E-state index contributed by atoms with van der Waals surface area (Å²) in [5.41, 5.74) is 0.387. The molecule has 2 aliphatic rings. The molecule has 7 heteroatoms. The number of carbonyl (C=O) groups is 1. The van der Waals surface area contributed by atoms with Crippen molar-refractivity contribution in [3.63, 3.8) is 0 Å². The van der Waals surface area contributed by atoms with Crippen LogP contribution in [0.25, 0.3) is 0 Å². The number of nitrogens with one attached hydrogen (secondary N) is 1. The third-order valence-corrected chi connectivity index (χ3v) is 9.47. The van der Waals surface area contributed by atoms with Crippen LogP contribution in [0.1, 0.15) is 71.9 Å². The van der Waals surface area contributed by atoms with Crippen molar-refractivity contribution in [3.8, 4) is 0 Å². The Morgan fingerprint density at radius 1 is 1.28 bits per heavy atom. The first-order valence-electron chi connectivity index (χ1n) is 11.6. The quantitative estimate of drug-likeness (QED) is 0.511. The summed E-state index contributed by atoms with van der Waals surface area (Å²) < 4.78 is 29.0. The van der Waals surface area contributed by atoms with Crippen molar-refractivity contribution in [2.24, 2.45) is 17.3 Å². The molecule has 32 heavy (non-hydrogen) atoms. The first kappa shape index (κ1) is 25.9. The van der Waals surface area contributed by atoms with Gasteiger partial charge in [-0.05, 0) is 82.1 Å². The van der Waals surface area contributed by atoms with Crippen molar-refractivity contribution in [2.45, 2.75) is 83.6 Å². The van der Waals surface area contributed by atoms with E-state index in [1.165, 1.54) is 0 Å². The number of rotatable bonds is 6. The van der Waals surface area contributed by atoms with Crippen LogP contribution >= 0.6 is 15.9 Å². The number of fused-ring (bicyclic) bond motifs is 1. The zero-order valence-corrected chi connectivity index (χ0v) is 22.8. The molecule has 1 spiro atoms. The smallest absolute Gasteiger partial charge is 0.332 e. The zero-order chi connectivity index (χ0) is 23.9. The lowest BCUT2D eigenvalue weighted by Crippen LogP contribution is -2.64. The third-order valence-electron chi connectivity index (χ3n) is 7.37. The van der Waals surface area contributed by atoms with E-state index in [0.717, 1.165) is 41.3 Å². The number of methoxy groups -OCH3 is 1. The Hall–Kier alpha value is -0.760. The number of ether oxygens (including phenoxy) is 2. The number of halogens is 1. The predicted octanol–water partition coefficient (Wildman–Crippen LogP) is 5.27. The van der Waals surface area contributed by atoms with Crippen LogP contribution < -0.4 is 4.72 Å². The Bertz CT molecular complexity index is 885. The second-order valence-corrected chi connectivity index (χ2v) is 13.3. The van der Waals surface area contributed by atoms with Crippen molar-refractivity contribution in [2.75, 3.05) is 13.7 Å². The van der Waals surface area contributed by atoms with E-state index in [1.807, 2.05) is 39.8 Å². The van der Waals surface area contributed by atoms with E-state index in [2.05, 4.69) is 40.6 Å². The van der Waals surface area contributed by atoms with E-state index in [0.29, 0.717) is 5.92 Å². The van der Waals surface area contributed by atoms with Gasteiger partial charge < -0.3 is 9.47 Å². The molecule has 0 aromatic heterocycles. The molecule has 1 aromatic carbocycles. The SMILES string of the molecule is CCOC(=O)[C@]1(N[S@](=O)C(C)(C)C)c2cc(Br)ccc2C[C@@]12C[C@@H](CC)[C@H](OC)[C@@H](C)C2. The lowest BCUT2D eigenvalue weighted by molar-refractivity contribution is -0.163. The number of carbonyl (C=O) groups excluding carboxylic acids is 1. The molecule has 1 fully saturated rings. The lowest BCUT2D eigenvalue weighted by atomic mass is 9.56. The number of hydrogen-bond donors (Lipinski definition) is 1. The van der Waals surface area contributed by atoms with Crippen LogP contribution in [-0.2, 0) is 37.2 Å². The molecular formula is C25H38BrNO4S. The fourth-order valence-electron chi connectivity index (χ4n) is 6.05. The van der Waals surface area contributed by atoms with Crippen molar-refractivity contribution in [1.29, 1.82) is 0 Å². The summed E-state index contributed by atoms with van der Waals surface area (Å²) in [7, 11) is 0.321. The summed E-state index contributed by atoms with van der Waals surface area (Å²) in [5.74, 6) is 0.239. The summed E-state index contributed by atoms with van der Waals surface area (Å²) in [5, 5.41) is 0. The van der Waals surface area contributed by atoms with Crippen LogP contribution in [0.15, 0.2) is 22.7 Å². The zero-order valence-electron chi connectivity index (χ0n) is 20.4. The van der Waals surface area contributed by atoms with E-state index >= 15 is 0 Å². The maximum Gasteiger partial charge on any atom is 0.332 e. The topological polar surface area (TPSA) is 64.6 Å². The molecule has 0 radical (unpaired) electrons. The van der Waals surface area contributed by atoms with Gasteiger partial charge in [0.25, 0.3) is 0 Å². The molecule has 0 unspecified atom stereocenters. The monoisotopic (exact) mass is 527 g/mol. The molecule has 0 amide bonds. The molecule has 0 saturated heterocycles. The fraction of sp³-hybridized carbons (Fsp3) is 0.720. The Morgan fingerprint density at radius 3 is 2.53 bits per heavy atom. The van der Waals surface area contributed by atoms with Gasteiger partial charge in [-0.1, -0.05) is 42.3 Å². The van der Waals surface area contributed by atoms with Gasteiger partial charge in [-0.25, -0.2) is 13.7 Å². The predicted molar refractivity (Wildman–Crippen MR) is 133 cm³/mol. The van der Waals surface area contributed by atoms with Crippen molar-refractivity contribution in [1.82, 2.24) is 4.72 Å². The van der Waals surface area contributed by atoms with Gasteiger partial charge in [0.2, 0.25) is 0 Å². The highest BCUT2D eigenvalue weighted by Crippen LogP contribution is 2.61. The van der Waals surface area contributed by atoms with Gasteiger partial charge in [-0.2, -0.15) is 0 Å².